The van der Waals surface area contributed by atoms with Crippen molar-refractivity contribution in [3.05, 3.63) is 24.4 Å². The van der Waals surface area contributed by atoms with Gasteiger partial charge in [0.05, 0.1) is 11.7 Å². The molecule has 1 aromatic heterocycles. The normalized spacial score (nSPS) is 21.9. The number of thioether (sulfide) groups is 1. The van der Waals surface area contributed by atoms with Crippen molar-refractivity contribution in [3.8, 4) is 0 Å². The number of hydrogen-bond donors (Lipinski definition) is 1. The maximum Gasteiger partial charge on any atom is 0.235 e. The molecule has 1 unspecified atom stereocenters. The first kappa shape index (κ1) is 20.5. The van der Waals surface area contributed by atoms with Crippen LogP contribution >= 0.6 is 11.8 Å². The number of aromatic nitrogens is 1. The van der Waals surface area contributed by atoms with E-state index in [-0.39, 0.29) is 11.2 Å². The summed E-state index contributed by atoms with van der Waals surface area (Å²) in [5.74, 6) is 0.114. The molecule has 0 aromatic carbocycles. The van der Waals surface area contributed by atoms with Gasteiger partial charge in [0, 0.05) is 65.1 Å². The molecule has 0 spiro atoms. The van der Waals surface area contributed by atoms with E-state index in [9.17, 15) is 4.79 Å². The average Bonchev–Trinajstić information content (AvgIpc) is 2.69. The number of pyridine rings is 1. The van der Waals surface area contributed by atoms with E-state index in [0.29, 0.717) is 6.67 Å². The molecule has 2 fully saturated rings. The molecule has 2 aliphatic rings. The zero-order chi connectivity index (χ0) is 19.1. The molecule has 0 aliphatic carbocycles. The Morgan fingerprint density at radius 1 is 1.04 bits per heavy atom. The molecule has 27 heavy (non-hydrogen) atoms. The van der Waals surface area contributed by atoms with E-state index in [4.69, 9.17) is 0 Å². The van der Waals surface area contributed by atoms with Gasteiger partial charge < -0.3 is 15.1 Å². The number of piperazine rings is 2. The number of nitrogens with one attached hydrogen (secondary N) is 1. The quantitative estimate of drug-likeness (QED) is 0.661. The summed E-state index contributed by atoms with van der Waals surface area (Å²) in [5, 5.41) is 3.93. The highest BCUT2D eigenvalue weighted by Crippen LogP contribution is 2.22. The number of likely N-dealkylation sites (N-methyl/N-ethyl adjacent to an activating group) is 2. The van der Waals surface area contributed by atoms with Gasteiger partial charge in [-0.1, -0.05) is 17.8 Å². The van der Waals surface area contributed by atoms with Gasteiger partial charge in [-0.25, -0.2) is 4.98 Å². The SMILES string of the molecule is CN1CCN(CNC(=O)C(CN2CCN(C)CC2)Sc2ccccn2)CC1. The second-order valence-corrected chi connectivity index (χ2v) is 8.72. The third-order valence-electron chi connectivity index (χ3n) is 5.29. The number of nitrogens with zero attached hydrogens (tertiary/aromatic N) is 5. The number of carbonyl (C=O) groups excluding carboxylic acids is 1. The Labute approximate surface area is 167 Å². The molecule has 2 saturated heterocycles. The van der Waals surface area contributed by atoms with E-state index in [1.165, 1.54) is 0 Å². The molecule has 1 atom stereocenters. The fourth-order valence-corrected chi connectivity index (χ4v) is 4.36. The van der Waals surface area contributed by atoms with Crippen molar-refractivity contribution in [1.82, 2.24) is 29.9 Å². The van der Waals surface area contributed by atoms with E-state index in [0.717, 1.165) is 63.9 Å². The predicted molar refractivity (Wildman–Crippen MR) is 110 cm³/mol. The van der Waals surface area contributed by atoms with Crippen LogP contribution in [-0.2, 0) is 4.79 Å². The summed E-state index contributed by atoms with van der Waals surface area (Å²) < 4.78 is 0. The molecule has 3 rings (SSSR count). The van der Waals surface area contributed by atoms with Crippen molar-refractivity contribution >= 4 is 17.7 Å². The van der Waals surface area contributed by atoms with Crippen LogP contribution in [0.1, 0.15) is 0 Å². The summed E-state index contributed by atoms with van der Waals surface area (Å²) in [6.07, 6.45) is 1.79. The summed E-state index contributed by atoms with van der Waals surface area (Å²) in [6.45, 7) is 9.68. The fourth-order valence-electron chi connectivity index (χ4n) is 3.31. The standard InChI is InChI=1S/C19H32N6OS/c1-22-7-11-24(12-8-22)15-17(27-18-5-3-4-6-20-18)19(26)21-16-25-13-9-23(2)10-14-25/h3-6,17H,7-16H2,1-2H3,(H,21,26). The summed E-state index contributed by atoms with van der Waals surface area (Å²) in [6, 6.07) is 5.87. The van der Waals surface area contributed by atoms with E-state index < -0.39 is 0 Å². The average molecular weight is 393 g/mol. The van der Waals surface area contributed by atoms with E-state index >= 15 is 0 Å². The number of carbonyl (C=O) groups is 1. The predicted octanol–water partition coefficient (Wildman–Crippen LogP) is 0.111. The third kappa shape index (κ3) is 6.73. The van der Waals surface area contributed by atoms with E-state index in [2.05, 4.69) is 44.0 Å². The molecular weight excluding hydrogens is 360 g/mol. The van der Waals surface area contributed by atoms with Crippen LogP contribution in [0, 0.1) is 0 Å². The lowest BCUT2D eigenvalue weighted by Gasteiger charge is -2.35. The fraction of sp³-hybridized carbons (Fsp3) is 0.684. The maximum atomic E-state index is 13.0. The smallest absolute Gasteiger partial charge is 0.235 e. The number of rotatable bonds is 7. The van der Waals surface area contributed by atoms with Gasteiger partial charge in [-0.3, -0.25) is 14.6 Å². The zero-order valence-corrected chi connectivity index (χ0v) is 17.3. The molecule has 2 aliphatic heterocycles. The number of amides is 1. The van der Waals surface area contributed by atoms with Crippen LogP contribution in [0.15, 0.2) is 29.4 Å². The van der Waals surface area contributed by atoms with Crippen molar-refractivity contribution < 1.29 is 4.79 Å². The van der Waals surface area contributed by atoms with Crippen LogP contribution in [0.5, 0.6) is 0 Å². The molecule has 1 N–H and O–H groups in total. The molecule has 0 saturated carbocycles. The summed E-state index contributed by atoms with van der Waals surface area (Å²) in [4.78, 5) is 26.7. The highest BCUT2D eigenvalue weighted by atomic mass is 32.2. The number of hydrogen-bond acceptors (Lipinski definition) is 7. The topological polar surface area (TPSA) is 55.0 Å². The van der Waals surface area contributed by atoms with Crippen molar-refractivity contribution in [3.63, 3.8) is 0 Å². The Kier molecular flexibility index (Phi) is 7.90. The first-order chi connectivity index (χ1) is 13.1. The van der Waals surface area contributed by atoms with Crippen molar-refractivity contribution in [1.29, 1.82) is 0 Å². The molecule has 150 valence electrons. The highest BCUT2D eigenvalue weighted by Gasteiger charge is 2.26. The lowest BCUT2D eigenvalue weighted by atomic mass is 10.3. The van der Waals surface area contributed by atoms with Crippen LogP contribution < -0.4 is 5.32 Å². The van der Waals surface area contributed by atoms with Crippen LogP contribution in [0.3, 0.4) is 0 Å². The van der Waals surface area contributed by atoms with Crippen molar-refractivity contribution in [2.45, 2.75) is 10.3 Å². The Hall–Kier alpha value is -1.19. The molecular formula is C19H32N6OS. The van der Waals surface area contributed by atoms with Crippen LogP contribution in [0.4, 0.5) is 0 Å². The lowest BCUT2D eigenvalue weighted by Crippen LogP contribution is -2.52. The van der Waals surface area contributed by atoms with Gasteiger partial charge >= 0.3 is 0 Å². The van der Waals surface area contributed by atoms with Gasteiger partial charge in [0.2, 0.25) is 5.91 Å². The highest BCUT2D eigenvalue weighted by molar-refractivity contribution is 8.00. The van der Waals surface area contributed by atoms with E-state index in [1.54, 1.807) is 18.0 Å². The minimum absolute atomic E-state index is 0.114. The van der Waals surface area contributed by atoms with E-state index in [1.807, 2.05) is 18.2 Å². The molecule has 7 nitrogen and oxygen atoms in total. The van der Waals surface area contributed by atoms with Gasteiger partial charge in [-0.05, 0) is 26.2 Å². The molecule has 8 heteroatoms. The lowest BCUT2D eigenvalue weighted by molar-refractivity contribution is -0.121. The molecule has 0 radical (unpaired) electrons. The molecule has 1 aromatic rings. The van der Waals surface area contributed by atoms with Crippen LogP contribution in [0.25, 0.3) is 0 Å². The zero-order valence-electron chi connectivity index (χ0n) is 16.5. The Bertz CT molecular complexity index is 573. The Morgan fingerprint density at radius 3 is 2.26 bits per heavy atom. The largest absolute Gasteiger partial charge is 0.342 e. The Morgan fingerprint density at radius 2 is 1.67 bits per heavy atom. The van der Waals surface area contributed by atoms with Crippen LogP contribution in [0.2, 0.25) is 0 Å². The second kappa shape index (κ2) is 10.4. The molecule has 3 heterocycles. The Balaban J connectivity index is 1.55. The monoisotopic (exact) mass is 392 g/mol. The summed E-state index contributed by atoms with van der Waals surface area (Å²) >= 11 is 1.57. The van der Waals surface area contributed by atoms with Gasteiger partial charge in [-0.15, -0.1) is 0 Å². The van der Waals surface area contributed by atoms with Crippen LogP contribution in [-0.4, -0.2) is 115 Å². The van der Waals surface area contributed by atoms with Gasteiger partial charge in [-0.2, -0.15) is 0 Å². The van der Waals surface area contributed by atoms with Gasteiger partial charge in [0.15, 0.2) is 0 Å². The minimum Gasteiger partial charge on any atom is -0.342 e. The van der Waals surface area contributed by atoms with Crippen molar-refractivity contribution in [2.24, 2.45) is 0 Å². The van der Waals surface area contributed by atoms with Gasteiger partial charge in [0.1, 0.15) is 5.25 Å². The van der Waals surface area contributed by atoms with Crippen molar-refractivity contribution in [2.75, 3.05) is 79.7 Å². The summed E-state index contributed by atoms with van der Waals surface area (Å²) in [5.41, 5.74) is 0. The van der Waals surface area contributed by atoms with Gasteiger partial charge in [0.25, 0.3) is 0 Å². The molecule has 1 amide bonds. The second-order valence-electron chi connectivity index (χ2n) is 7.50. The molecule has 0 bridgehead atoms. The maximum absolute atomic E-state index is 13.0. The minimum atomic E-state index is -0.143. The first-order valence-electron chi connectivity index (χ1n) is 9.77. The third-order valence-corrected chi connectivity index (χ3v) is 6.42. The summed E-state index contributed by atoms with van der Waals surface area (Å²) in [7, 11) is 4.30. The first-order valence-corrected chi connectivity index (χ1v) is 10.7.